The zero-order valence-corrected chi connectivity index (χ0v) is 11.1. The molecule has 1 heterocycles. The molecule has 3 amide bonds. The molecule has 0 bridgehead atoms. The number of hydrogen-bond donors (Lipinski definition) is 3. The fourth-order valence-electron chi connectivity index (χ4n) is 2.81. The minimum absolute atomic E-state index is 0.00762. The van der Waals surface area contributed by atoms with Crippen LogP contribution >= 0.6 is 0 Å². The Labute approximate surface area is 116 Å². The molecule has 3 atom stereocenters. The van der Waals surface area contributed by atoms with Gasteiger partial charge >= 0.3 is 12.0 Å². The number of carbonyl (C=O) groups is 3. The number of primary amides is 1. The maximum atomic E-state index is 12.2. The molecule has 0 radical (unpaired) electrons. The SMILES string of the molecule is NC(=O)C[C@H](NC(=O)N1CCOC2CCCC21)C(=O)O. The van der Waals surface area contributed by atoms with Crippen LogP contribution in [0.15, 0.2) is 0 Å². The van der Waals surface area contributed by atoms with E-state index in [0.717, 1.165) is 19.3 Å². The minimum Gasteiger partial charge on any atom is -0.480 e. The van der Waals surface area contributed by atoms with E-state index in [9.17, 15) is 14.4 Å². The number of carboxylic acid groups (broad SMARTS) is 1. The normalized spacial score (nSPS) is 26.7. The van der Waals surface area contributed by atoms with E-state index >= 15 is 0 Å². The number of carbonyl (C=O) groups excluding carboxylic acids is 2. The van der Waals surface area contributed by atoms with Gasteiger partial charge in [-0.2, -0.15) is 0 Å². The average Bonchev–Trinajstić information content (AvgIpc) is 2.84. The molecule has 8 nitrogen and oxygen atoms in total. The summed E-state index contributed by atoms with van der Waals surface area (Å²) in [5.41, 5.74) is 4.98. The molecule has 2 unspecified atom stereocenters. The highest BCUT2D eigenvalue weighted by molar-refractivity contribution is 5.87. The summed E-state index contributed by atoms with van der Waals surface area (Å²) in [6, 6.07) is -1.77. The molecule has 1 saturated carbocycles. The number of nitrogens with two attached hydrogens (primary N) is 1. The van der Waals surface area contributed by atoms with Crippen LogP contribution in [0, 0.1) is 0 Å². The van der Waals surface area contributed by atoms with Gasteiger partial charge in [0.1, 0.15) is 6.04 Å². The van der Waals surface area contributed by atoms with E-state index in [1.807, 2.05) is 0 Å². The highest BCUT2D eigenvalue weighted by atomic mass is 16.5. The largest absolute Gasteiger partial charge is 0.480 e. The van der Waals surface area contributed by atoms with E-state index in [1.165, 1.54) is 0 Å². The number of nitrogens with zero attached hydrogens (tertiary/aromatic N) is 1. The number of aliphatic carboxylic acids is 1. The number of carboxylic acids is 1. The molecule has 112 valence electrons. The summed E-state index contributed by atoms with van der Waals surface area (Å²) < 4.78 is 5.59. The van der Waals surface area contributed by atoms with Gasteiger partial charge in [0.15, 0.2) is 0 Å². The lowest BCUT2D eigenvalue weighted by molar-refractivity contribution is -0.141. The van der Waals surface area contributed by atoms with Crippen molar-refractivity contribution in [3.8, 4) is 0 Å². The van der Waals surface area contributed by atoms with E-state index in [2.05, 4.69) is 5.32 Å². The molecule has 0 aromatic heterocycles. The van der Waals surface area contributed by atoms with Crippen LogP contribution in [0.2, 0.25) is 0 Å². The third kappa shape index (κ3) is 3.19. The van der Waals surface area contributed by atoms with Crippen molar-refractivity contribution in [3.63, 3.8) is 0 Å². The van der Waals surface area contributed by atoms with Gasteiger partial charge in [-0.1, -0.05) is 0 Å². The zero-order valence-electron chi connectivity index (χ0n) is 11.1. The van der Waals surface area contributed by atoms with Crippen LogP contribution in [0.5, 0.6) is 0 Å². The maximum Gasteiger partial charge on any atom is 0.326 e. The third-order valence-electron chi connectivity index (χ3n) is 3.74. The van der Waals surface area contributed by atoms with E-state index < -0.39 is 30.4 Å². The van der Waals surface area contributed by atoms with Crippen molar-refractivity contribution in [3.05, 3.63) is 0 Å². The van der Waals surface area contributed by atoms with Crippen molar-refractivity contribution < 1.29 is 24.2 Å². The first-order valence-corrected chi connectivity index (χ1v) is 6.69. The summed E-state index contributed by atoms with van der Waals surface area (Å²) in [7, 11) is 0. The number of rotatable bonds is 4. The van der Waals surface area contributed by atoms with Gasteiger partial charge in [0, 0.05) is 6.54 Å². The molecule has 1 saturated heterocycles. The molecule has 8 heteroatoms. The maximum absolute atomic E-state index is 12.2. The summed E-state index contributed by atoms with van der Waals surface area (Å²) in [6.07, 6.45) is 2.38. The second-order valence-electron chi connectivity index (χ2n) is 5.11. The van der Waals surface area contributed by atoms with Crippen molar-refractivity contribution >= 4 is 17.9 Å². The first kappa shape index (κ1) is 14.6. The molecule has 20 heavy (non-hydrogen) atoms. The molecule has 4 N–H and O–H groups in total. The van der Waals surface area contributed by atoms with Crippen molar-refractivity contribution in [2.75, 3.05) is 13.2 Å². The molecule has 1 aliphatic carbocycles. The smallest absolute Gasteiger partial charge is 0.326 e. The lowest BCUT2D eigenvalue weighted by atomic mass is 10.1. The molecule has 2 aliphatic rings. The molecule has 2 rings (SSSR count). The zero-order chi connectivity index (χ0) is 14.7. The lowest BCUT2D eigenvalue weighted by Gasteiger charge is -2.38. The van der Waals surface area contributed by atoms with Gasteiger partial charge in [-0.05, 0) is 19.3 Å². The first-order chi connectivity index (χ1) is 9.49. The first-order valence-electron chi connectivity index (χ1n) is 6.69. The van der Waals surface area contributed by atoms with E-state index in [1.54, 1.807) is 4.90 Å². The van der Waals surface area contributed by atoms with E-state index in [-0.39, 0.29) is 12.1 Å². The topological polar surface area (TPSA) is 122 Å². The predicted octanol–water partition coefficient (Wildman–Crippen LogP) is -0.722. The van der Waals surface area contributed by atoms with Crippen LogP contribution in [0.1, 0.15) is 25.7 Å². The second kappa shape index (κ2) is 6.08. The highest BCUT2D eigenvalue weighted by Gasteiger charge is 2.39. The third-order valence-corrected chi connectivity index (χ3v) is 3.74. The molecule has 1 aliphatic heterocycles. The van der Waals surface area contributed by atoms with Gasteiger partial charge in [-0.25, -0.2) is 9.59 Å². The Morgan fingerprint density at radius 2 is 2.15 bits per heavy atom. The Morgan fingerprint density at radius 1 is 1.40 bits per heavy atom. The van der Waals surface area contributed by atoms with Gasteiger partial charge in [-0.3, -0.25) is 4.79 Å². The van der Waals surface area contributed by atoms with Gasteiger partial charge in [0.25, 0.3) is 0 Å². The van der Waals surface area contributed by atoms with Gasteiger partial charge in [0.2, 0.25) is 5.91 Å². The lowest BCUT2D eigenvalue weighted by Crippen LogP contribution is -2.57. The van der Waals surface area contributed by atoms with Crippen LogP contribution in [0.4, 0.5) is 4.79 Å². The molecular weight excluding hydrogens is 266 g/mol. The van der Waals surface area contributed by atoms with Crippen molar-refractivity contribution in [1.29, 1.82) is 0 Å². The molecule has 0 aromatic rings. The number of ether oxygens (including phenoxy) is 1. The second-order valence-corrected chi connectivity index (χ2v) is 5.11. The Balaban J connectivity index is 1.98. The van der Waals surface area contributed by atoms with Crippen LogP contribution in [0.3, 0.4) is 0 Å². The van der Waals surface area contributed by atoms with E-state index in [0.29, 0.717) is 13.2 Å². The van der Waals surface area contributed by atoms with E-state index in [4.69, 9.17) is 15.6 Å². The van der Waals surface area contributed by atoms with Gasteiger partial charge in [-0.15, -0.1) is 0 Å². The molecule has 0 spiro atoms. The van der Waals surface area contributed by atoms with Gasteiger partial charge < -0.3 is 25.8 Å². The van der Waals surface area contributed by atoms with Crippen LogP contribution in [0.25, 0.3) is 0 Å². The van der Waals surface area contributed by atoms with Crippen molar-refractivity contribution in [2.24, 2.45) is 5.73 Å². The molecule has 2 fully saturated rings. The average molecular weight is 285 g/mol. The Bertz CT molecular complexity index is 414. The predicted molar refractivity (Wildman–Crippen MR) is 67.9 cm³/mol. The monoisotopic (exact) mass is 285 g/mol. The van der Waals surface area contributed by atoms with Crippen molar-refractivity contribution in [1.82, 2.24) is 10.2 Å². The Hall–Kier alpha value is -1.83. The van der Waals surface area contributed by atoms with Gasteiger partial charge in [0.05, 0.1) is 25.2 Å². The summed E-state index contributed by atoms with van der Waals surface area (Å²) >= 11 is 0. The summed E-state index contributed by atoms with van der Waals surface area (Å²) in [4.78, 5) is 35.6. The summed E-state index contributed by atoms with van der Waals surface area (Å²) in [5, 5.41) is 11.4. The fraction of sp³-hybridized carbons (Fsp3) is 0.750. The van der Waals surface area contributed by atoms with Crippen LogP contribution in [-0.2, 0) is 14.3 Å². The van der Waals surface area contributed by atoms with Crippen LogP contribution < -0.4 is 11.1 Å². The minimum atomic E-state index is -1.29. The number of amides is 3. The number of urea groups is 1. The molecule has 0 aromatic carbocycles. The molecular formula is C12H19N3O5. The quantitative estimate of drug-likeness (QED) is 0.629. The summed E-state index contributed by atoms with van der Waals surface area (Å²) in [5.74, 6) is -2.04. The van der Waals surface area contributed by atoms with Crippen LogP contribution in [-0.4, -0.2) is 59.3 Å². The Morgan fingerprint density at radius 3 is 2.80 bits per heavy atom. The summed E-state index contributed by atoms with van der Waals surface area (Å²) in [6.45, 7) is 0.873. The fourth-order valence-corrected chi connectivity index (χ4v) is 2.81. The number of morpholine rings is 1. The number of nitrogens with one attached hydrogen (secondary N) is 1. The Kier molecular flexibility index (Phi) is 4.43. The number of fused-ring (bicyclic) bond motifs is 1. The highest BCUT2D eigenvalue weighted by Crippen LogP contribution is 2.29. The van der Waals surface area contributed by atoms with Crippen molar-refractivity contribution in [2.45, 2.75) is 43.9 Å². The standard InChI is InChI=1S/C12H19N3O5/c13-10(16)6-7(11(17)18)14-12(19)15-4-5-20-9-3-1-2-8(9)15/h7-9H,1-6H2,(H2,13,16)(H,14,19)(H,17,18)/t7-,8?,9?/m0/s1. The number of hydrogen-bond acceptors (Lipinski definition) is 4.